The van der Waals surface area contributed by atoms with Gasteiger partial charge in [0, 0.05) is 41.6 Å². The second-order valence-electron chi connectivity index (χ2n) is 11.8. The lowest BCUT2D eigenvalue weighted by atomic mass is 9.80. The van der Waals surface area contributed by atoms with Gasteiger partial charge in [-0.25, -0.2) is 4.39 Å². The molecule has 0 saturated heterocycles. The third kappa shape index (κ3) is 6.02. The summed E-state index contributed by atoms with van der Waals surface area (Å²) in [6, 6.07) is 8.07. The zero-order chi connectivity index (χ0) is 30.6. The Kier molecular flexibility index (Phi) is 7.85. The van der Waals surface area contributed by atoms with Gasteiger partial charge in [0.25, 0.3) is 0 Å². The lowest BCUT2D eigenvalue weighted by Crippen LogP contribution is -2.32. The first-order valence-corrected chi connectivity index (χ1v) is 14.3. The van der Waals surface area contributed by atoms with Crippen LogP contribution in [0.4, 0.5) is 23.2 Å². The number of carbonyl (C=O) groups excluding carboxylic acids is 2. The van der Waals surface area contributed by atoms with Crippen LogP contribution in [0.5, 0.6) is 0 Å². The van der Waals surface area contributed by atoms with Gasteiger partial charge in [0.15, 0.2) is 0 Å². The maximum absolute atomic E-state index is 16.6. The average Bonchev–Trinajstić information content (AvgIpc) is 3.66. The molecule has 222 valence electrons. The standard InChI is InChI=1S/C32H31ClF4N2O3/c1-5-39(30(41)17-9-10-17)16-19-13-20(32(35,36)37)11-12-21(19)22-14-18(15-25(40)42-31(2,3)4)29-27(28(22)34)26-23(33)7-6-8-24(26)38-29/h6-8,11-14,17-18H,5,9-10,15-16H2,1-4H3. The van der Waals surface area contributed by atoms with Crippen LogP contribution in [-0.2, 0) is 27.0 Å². The molecule has 1 heterocycles. The summed E-state index contributed by atoms with van der Waals surface area (Å²) < 4.78 is 63.5. The molecule has 0 N–H and O–H groups in total. The van der Waals surface area contributed by atoms with Crippen LogP contribution < -0.4 is 0 Å². The Labute approximate surface area is 246 Å². The molecule has 5 nitrogen and oxygen atoms in total. The first-order valence-electron chi connectivity index (χ1n) is 13.9. The van der Waals surface area contributed by atoms with Crippen LogP contribution in [-0.4, -0.2) is 34.6 Å². The molecule has 3 aliphatic rings. The molecule has 0 spiro atoms. The molecule has 0 aromatic heterocycles. The number of hydrogen-bond donors (Lipinski definition) is 0. The molecule has 1 amide bonds. The predicted molar refractivity (Wildman–Crippen MR) is 154 cm³/mol. The number of amides is 1. The monoisotopic (exact) mass is 602 g/mol. The lowest BCUT2D eigenvalue weighted by molar-refractivity contribution is -0.155. The molecule has 1 aliphatic heterocycles. The SMILES string of the molecule is CCN(Cc1cc(C(F)(F)F)ccc1C1=CC(CC(=O)OC(C)(C)C)C2=Nc3cccc(Cl)c3C2=C1F)C(=O)C1CC1. The predicted octanol–water partition coefficient (Wildman–Crippen LogP) is 8.33. The summed E-state index contributed by atoms with van der Waals surface area (Å²) in [5.74, 6) is -2.25. The molecule has 10 heteroatoms. The van der Waals surface area contributed by atoms with Crippen molar-refractivity contribution in [3.8, 4) is 0 Å². The Morgan fingerprint density at radius 1 is 1.12 bits per heavy atom. The minimum absolute atomic E-state index is 0.0175. The van der Waals surface area contributed by atoms with Gasteiger partial charge in [-0.15, -0.1) is 0 Å². The number of esters is 1. The number of nitrogens with zero attached hydrogens (tertiary/aromatic N) is 2. The Morgan fingerprint density at radius 3 is 2.45 bits per heavy atom. The maximum Gasteiger partial charge on any atom is 0.416 e. The minimum Gasteiger partial charge on any atom is -0.460 e. The molecule has 1 saturated carbocycles. The van der Waals surface area contributed by atoms with Crippen molar-refractivity contribution in [1.82, 2.24) is 4.90 Å². The molecule has 1 fully saturated rings. The molecule has 5 rings (SSSR count). The van der Waals surface area contributed by atoms with Crippen LogP contribution in [0.3, 0.4) is 0 Å². The summed E-state index contributed by atoms with van der Waals surface area (Å²) in [5.41, 5.74) is -0.0896. The zero-order valence-corrected chi connectivity index (χ0v) is 24.5. The number of halogens is 5. The number of aliphatic imine (C=N–C) groups is 1. The Morgan fingerprint density at radius 2 is 1.83 bits per heavy atom. The molecule has 2 aliphatic carbocycles. The van der Waals surface area contributed by atoms with E-state index in [0.29, 0.717) is 17.0 Å². The van der Waals surface area contributed by atoms with E-state index in [1.165, 1.54) is 17.0 Å². The quantitative estimate of drug-likeness (QED) is 0.236. The topological polar surface area (TPSA) is 59.0 Å². The molecule has 1 unspecified atom stereocenters. The van der Waals surface area contributed by atoms with Crippen molar-refractivity contribution >= 4 is 46.0 Å². The summed E-state index contributed by atoms with van der Waals surface area (Å²) in [6.07, 6.45) is -1.80. The average molecular weight is 603 g/mol. The van der Waals surface area contributed by atoms with Gasteiger partial charge in [0.2, 0.25) is 5.91 Å². The summed E-state index contributed by atoms with van der Waals surface area (Å²) in [5, 5.41) is 0.258. The van der Waals surface area contributed by atoms with Gasteiger partial charge in [-0.3, -0.25) is 14.6 Å². The van der Waals surface area contributed by atoms with E-state index in [4.69, 9.17) is 16.3 Å². The van der Waals surface area contributed by atoms with E-state index in [1.54, 1.807) is 45.9 Å². The number of benzene rings is 2. The number of rotatable bonds is 7. The highest BCUT2D eigenvalue weighted by atomic mass is 35.5. The number of allylic oxidation sites excluding steroid dienone is 4. The van der Waals surface area contributed by atoms with Crippen molar-refractivity contribution in [3.05, 3.63) is 75.6 Å². The molecule has 2 aromatic rings. The van der Waals surface area contributed by atoms with Crippen molar-refractivity contribution in [2.24, 2.45) is 16.8 Å². The molecular formula is C32H31ClF4N2O3. The number of fused-ring (bicyclic) bond motifs is 3. The van der Waals surface area contributed by atoms with Crippen LogP contribution in [0.1, 0.15) is 69.2 Å². The molecule has 0 bridgehead atoms. The van der Waals surface area contributed by atoms with Crippen molar-refractivity contribution in [2.75, 3.05) is 6.54 Å². The summed E-state index contributed by atoms with van der Waals surface area (Å²) in [7, 11) is 0. The third-order valence-electron chi connectivity index (χ3n) is 7.42. The fraction of sp³-hybridized carbons (Fsp3) is 0.406. The lowest BCUT2D eigenvalue weighted by Gasteiger charge is -2.27. The number of alkyl halides is 3. The molecule has 42 heavy (non-hydrogen) atoms. The van der Waals surface area contributed by atoms with Crippen LogP contribution in [0, 0.1) is 11.8 Å². The normalized spacial score (nSPS) is 18.3. The van der Waals surface area contributed by atoms with E-state index in [2.05, 4.69) is 4.99 Å². The van der Waals surface area contributed by atoms with Crippen molar-refractivity contribution in [3.63, 3.8) is 0 Å². The van der Waals surface area contributed by atoms with Gasteiger partial charge >= 0.3 is 12.1 Å². The molecular weight excluding hydrogens is 572 g/mol. The van der Waals surface area contributed by atoms with Gasteiger partial charge in [-0.1, -0.05) is 29.8 Å². The van der Waals surface area contributed by atoms with Crippen LogP contribution in [0.15, 0.2) is 53.3 Å². The molecule has 0 radical (unpaired) electrons. The van der Waals surface area contributed by atoms with E-state index >= 15 is 4.39 Å². The van der Waals surface area contributed by atoms with Gasteiger partial charge in [-0.05, 0) is 75.9 Å². The minimum atomic E-state index is -4.64. The van der Waals surface area contributed by atoms with Crippen LogP contribution >= 0.6 is 11.6 Å². The Hall–Kier alpha value is -3.46. The highest BCUT2D eigenvalue weighted by Gasteiger charge is 2.39. The van der Waals surface area contributed by atoms with Crippen LogP contribution in [0.2, 0.25) is 5.02 Å². The Balaban J connectivity index is 1.65. The number of ether oxygens (including phenoxy) is 1. The summed E-state index contributed by atoms with van der Waals surface area (Å²) in [6.45, 7) is 7.12. The maximum atomic E-state index is 16.6. The van der Waals surface area contributed by atoms with Crippen molar-refractivity contribution in [1.29, 1.82) is 0 Å². The summed E-state index contributed by atoms with van der Waals surface area (Å²) in [4.78, 5) is 31.9. The van der Waals surface area contributed by atoms with E-state index in [0.717, 1.165) is 25.0 Å². The highest BCUT2D eigenvalue weighted by Crippen LogP contribution is 2.50. The van der Waals surface area contributed by atoms with Gasteiger partial charge in [-0.2, -0.15) is 13.2 Å². The fourth-order valence-corrected chi connectivity index (χ4v) is 5.64. The molecule has 2 aromatic carbocycles. The van der Waals surface area contributed by atoms with E-state index in [9.17, 15) is 22.8 Å². The second kappa shape index (κ2) is 11.0. The number of hydrogen-bond acceptors (Lipinski definition) is 4. The van der Waals surface area contributed by atoms with E-state index in [-0.39, 0.29) is 58.6 Å². The largest absolute Gasteiger partial charge is 0.460 e. The highest BCUT2D eigenvalue weighted by molar-refractivity contribution is 6.40. The van der Waals surface area contributed by atoms with E-state index < -0.39 is 35.1 Å². The van der Waals surface area contributed by atoms with Gasteiger partial charge in [0.1, 0.15) is 11.4 Å². The first kappa shape index (κ1) is 30.0. The zero-order valence-electron chi connectivity index (χ0n) is 23.7. The first-order chi connectivity index (χ1) is 19.7. The van der Waals surface area contributed by atoms with Gasteiger partial charge < -0.3 is 9.64 Å². The number of carbonyl (C=O) groups is 2. The second-order valence-corrected chi connectivity index (χ2v) is 12.2. The van der Waals surface area contributed by atoms with Crippen LogP contribution in [0.25, 0.3) is 11.1 Å². The van der Waals surface area contributed by atoms with E-state index in [1.807, 2.05) is 0 Å². The van der Waals surface area contributed by atoms with Crippen molar-refractivity contribution in [2.45, 2.75) is 65.3 Å². The van der Waals surface area contributed by atoms with Gasteiger partial charge in [0.05, 0.1) is 28.4 Å². The molecule has 1 atom stereocenters. The Bertz CT molecular complexity index is 1550. The fourth-order valence-electron chi connectivity index (χ4n) is 5.38. The van der Waals surface area contributed by atoms with Crippen molar-refractivity contribution < 1.29 is 31.9 Å². The summed E-state index contributed by atoms with van der Waals surface area (Å²) >= 11 is 6.49. The third-order valence-corrected chi connectivity index (χ3v) is 7.74. The smallest absolute Gasteiger partial charge is 0.416 e.